The largest absolute Gasteiger partial charge is 0.334 e. The first kappa shape index (κ1) is 13.4. The highest BCUT2D eigenvalue weighted by molar-refractivity contribution is 7.18. The molecule has 0 spiro atoms. The lowest BCUT2D eigenvalue weighted by Crippen LogP contribution is -2.26. The zero-order chi connectivity index (χ0) is 15.1. The number of thiazole rings is 2. The van der Waals surface area contributed by atoms with Crippen molar-refractivity contribution < 1.29 is 4.79 Å². The van der Waals surface area contributed by atoms with Crippen molar-refractivity contribution in [1.29, 1.82) is 0 Å². The molecule has 0 bridgehead atoms. The highest BCUT2D eigenvalue weighted by atomic mass is 32.1. The summed E-state index contributed by atoms with van der Waals surface area (Å²) in [6, 6.07) is 8.00. The Balaban J connectivity index is 1.56. The molecule has 4 aromatic rings. The molecule has 22 heavy (non-hydrogen) atoms. The number of aromatic nitrogens is 3. The van der Waals surface area contributed by atoms with E-state index < -0.39 is 0 Å². The van der Waals surface area contributed by atoms with Crippen LogP contribution in [0, 0.1) is 0 Å². The lowest BCUT2D eigenvalue weighted by atomic mass is 10.3. The molecule has 4 rings (SSSR count). The van der Waals surface area contributed by atoms with Crippen molar-refractivity contribution in [3.63, 3.8) is 0 Å². The Bertz CT molecular complexity index is 907. The van der Waals surface area contributed by atoms with Gasteiger partial charge in [0.05, 0.1) is 16.8 Å². The minimum atomic E-state index is -0.0878. The standard InChI is InChI=1S/C15H12N4OS2/c1-18(9-13-16-10-4-2-3-5-12(10)22-13)14(20)11-8-19-6-7-21-15(19)17-11/h2-8H,9H2,1H3. The third-order valence-electron chi connectivity index (χ3n) is 3.37. The number of carbonyl (C=O) groups excluding carboxylic acids is 1. The van der Waals surface area contributed by atoms with Crippen LogP contribution in [-0.2, 0) is 6.54 Å². The monoisotopic (exact) mass is 328 g/mol. The van der Waals surface area contributed by atoms with Crippen LogP contribution in [0.3, 0.4) is 0 Å². The summed E-state index contributed by atoms with van der Waals surface area (Å²) in [5.74, 6) is -0.0878. The van der Waals surface area contributed by atoms with E-state index in [0.29, 0.717) is 12.2 Å². The molecule has 5 nitrogen and oxygen atoms in total. The predicted molar refractivity (Wildman–Crippen MR) is 88.5 cm³/mol. The van der Waals surface area contributed by atoms with Gasteiger partial charge in [-0.05, 0) is 12.1 Å². The number of rotatable bonds is 3. The van der Waals surface area contributed by atoms with Crippen molar-refractivity contribution in [2.75, 3.05) is 7.05 Å². The van der Waals surface area contributed by atoms with Gasteiger partial charge in [-0.2, -0.15) is 0 Å². The highest BCUT2D eigenvalue weighted by Gasteiger charge is 2.17. The summed E-state index contributed by atoms with van der Waals surface area (Å²) in [6.45, 7) is 0.489. The summed E-state index contributed by atoms with van der Waals surface area (Å²) in [7, 11) is 1.78. The van der Waals surface area contributed by atoms with E-state index in [4.69, 9.17) is 0 Å². The molecule has 1 aromatic carbocycles. The van der Waals surface area contributed by atoms with Crippen LogP contribution in [0.4, 0.5) is 0 Å². The van der Waals surface area contributed by atoms with Crippen LogP contribution in [0.2, 0.25) is 0 Å². The van der Waals surface area contributed by atoms with E-state index in [-0.39, 0.29) is 5.91 Å². The van der Waals surface area contributed by atoms with Crippen LogP contribution in [0.15, 0.2) is 42.0 Å². The molecule has 0 unspecified atom stereocenters. The Morgan fingerprint density at radius 3 is 3.00 bits per heavy atom. The van der Waals surface area contributed by atoms with Crippen molar-refractivity contribution >= 4 is 43.8 Å². The Kier molecular flexibility index (Phi) is 3.16. The van der Waals surface area contributed by atoms with E-state index in [9.17, 15) is 4.79 Å². The maximum Gasteiger partial charge on any atom is 0.274 e. The van der Waals surface area contributed by atoms with E-state index in [1.54, 1.807) is 29.5 Å². The summed E-state index contributed by atoms with van der Waals surface area (Å²) >= 11 is 3.13. The van der Waals surface area contributed by atoms with Gasteiger partial charge < -0.3 is 4.90 Å². The number of para-hydroxylation sites is 1. The second-order valence-corrected chi connectivity index (χ2v) is 6.94. The maximum absolute atomic E-state index is 12.5. The Morgan fingerprint density at radius 2 is 2.18 bits per heavy atom. The molecule has 0 saturated heterocycles. The number of imidazole rings is 1. The van der Waals surface area contributed by atoms with E-state index >= 15 is 0 Å². The average molecular weight is 328 g/mol. The summed E-state index contributed by atoms with van der Waals surface area (Å²) in [4.78, 5) is 23.9. The Labute approximate surface area is 134 Å². The fourth-order valence-corrected chi connectivity index (χ4v) is 4.01. The fourth-order valence-electron chi connectivity index (χ4n) is 2.29. The van der Waals surface area contributed by atoms with E-state index in [2.05, 4.69) is 9.97 Å². The van der Waals surface area contributed by atoms with Gasteiger partial charge in [-0.25, -0.2) is 9.97 Å². The first-order chi connectivity index (χ1) is 10.7. The van der Waals surface area contributed by atoms with Gasteiger partial charge in [0.1, 0.15) is 10.7 Å². The molecule has 0 fully saturated rings. The van der Waals surface area contributed by atoms with Crippen LogP contribution < -0.4 is 0 Å². The molecule has 0 N–H and O–H groups in total. The number of fused-ring (bicyclic) bond motifs is 2. The first-order valence-electron chi connectivity index (χ1n) is 6.73. The molecule has 0 radical (unpaired) electrons. The van der Waals surface area contributed by atoms with Crippen molar-refractivity contribution in [2.24, 2.45) is 0 Å². The molecule has 0 atom stereocenters. The van der Waals surface area contributed by atoms with Gasteiger partial charge in [0, 0.05) is 24.8 Å². The molecular weight excluding hydrogens is 316 g/mol. The average Bonchev–Trinajstić information content (AvgIpc) is 3.19. The number of benzene rings is 1. The number of hydrogen-bond donors (Lipinski definition) is 0. The normalized spacial score (nSPS) is 11.3. The van der Waals surface area contributed by atoms with Crippen molar-refractivity contribution in [1.82, 2.24) is 19.3 Å². The van der Waals surface area contributed by atoms with Crippen LogP contribution in [-0.4, -0.2) is 32.2 Å². The highest BCUT2D eigenvalue weighted by Crippen LogP contribution is 2.23. The SMILES string of the molecule is CN(Cc1nc2ccccc2s1)C(=O)c1cn2ccsc2n1. The van der Waals surface area contributed by atoms with Gasteiger partial charge in [-0.1, -0.05) is 12.1 Å². The molecule has 1 amide bonds. The van der Waals surface area contributed by atoms with Gasteiger partial charge in [-0.3, -0.25) is 9.20 Å². The minimum absolute atomic E-state index is 0.0878. The van der Waals surface area contributed by atoms with Crippen molar-refractivity contribution in [3.8, 4) is 0 Å². The molecule has 0 saturated carbocycles. The van der Waals surface area contributed by atoms with E-state index in [0.717, 1.165) is 20.2 Å². The van der Waals surface area contributed by atoms with Gasteiger partial charge in [0.25, 0.3) is 5.91 Å². The molecule has 0 aliphatic carbocycles. The second kappa shape index (κ2) is 5.19. The summed E-state index contributed by atoms with van der Waals surface area (Å²) in [5.41, 5.74) is 1.45. The lowest BCUT2D eigenvalue weighted by Gasteiger charge is -2.13. The zero-order valence-electron chi connectivity index (χ0n) is 11.8. The summed E-state index contributed by atoms with van der Waals surface area (Å²) in [6.07, 6.45) is 3.67. The Morgan fingerprint density at radius 1 is 1.32 bits per heavy atom. The lowest BCUT2D eigenvalue weighted by molar-refractivity contribution is 0.0780. The van der Waals surface area contributed by atoms with E-state index in [1.807, 2.05) is 40.2 Å². The van der Waals surface area contributed by atoms with Gasteiger partial charge in [-0.15, -0.1) is 22.7 Å². The summed E-state index contributed by atoms with van der Waals surface area (Å²) < 4.78 is 3.00. The number of nitrogens with zero attached hydrogens (tertiary/aromatic N) is 4. The molecule has 110 valence electrons. The first-order valence-corrected chi connectivity index (χ1v) is 8.42. The molecule has 3 aromatic heterocycles. The number of carbonyl (C=O) groups is 1. The predicted octanol–water partition coefficient (Wildman–Crippen LogP) is 3.28. The third kappa shape index (κ3) is 2.28. The molecule has 0 aliphatic heterocycles. The van der Waals surface area contributed by atoms with Crippen LogP contribution in [0.5, 0.6) is 0 Å². The third-order valence-corrected chi connectivity index (χ3v) is 5.16. The van der Waals surface area contributed by atoms with Crippen molar-refractivity contribution in [2.45, 2.75) is 6.54 Å². The fraction of sp³-hybridized carbons (Fsp3) is 0.133. The van der Waals surface area contributed by atoms with Crippen LogP contribution in [0.1, 0.15) is 15.5 Å². The topological polar surface area (TPSA) is 50.5 Å². The maximum atomic E-state index is 12.5. The Hall–Kier alpha value is -2.25. The van der Waals surface area contributed by atoms with E-state index in [1.165, 1.54) is 11.3 Å². The van der Waals surface area contributed by atoms with Crippen LogP contribution in [0.25, 0.3) is 15.2 Å². The molecule has 0 aliphatic rings. The number of hydrogen-bond acceptors (Lipinski definition) is 5. The zero-order valence-corrected chi connectivity index (χ0v) is 13.4. The quantitative estimate of drug-likeness (QED) is 0.580. The minimum Gasteiger partial charge on any atom is -0.334 e. The summed E-state index contributed by atoms with van der Waals surface area (Å²) in [5, 5.41) is 2.87. The van der Waals surface area contributed by atoms with Gasteiger partial charge >= 0.3 is 0 Å². The second-order valence-electron chi connectivity index (χ2n) is 4.96. The van der Waals surface area contributed by atoms with Gasteiger partial charge in [0.2, 0.25) is 0 Å². The molecular formula is C15H12N4OS2. The molecule has 7 heteroatoms. The molecule has 3 heterocycles. The smallest absolute Gasteiger partial charge is 0.274 e. The van der Waals surface area contributed by atoms with Crippen molar-refractivity contribution in [3.05, 3.63) is 52.7 Å². The van der Waals surface area contributed by atoms with Gasteiger partial charge in [0.15, 0.2) is 4.96 Å². The number of amides is 1. The van der Waals surface area contributed by atoms with Crippen LogP contribution >= 0.6 is 22.7 Å².